The summed E-state index contributed by atoms with van der Waals surface area (Å²) < 4.78 is 5.72. The molecular weight excluding hydrogens is 266 g/mol. The monoisotopic (exact) mass is 287 g/mol. The van der Waals surface area contributed by atoms with Crippen LogP contribution in [0.5, 0.6) is 5.75 Å². The van der Waals surface area contributed by atoms with Crippen molar-refractivity contribution in [2.45, 2.75) is 39.2 Å². The molecule has 2 aromatic rings. The van der Waals surface area contributed by atoms with Crippen LogP contribution < -0.4 is 10.1 Å². The molecule has 1 aromatic carbocycles. The van der Waals surface area contributed by atoms with Crippen LogP contribution in [-0.4, -0.2) is 22.2 Å². The number of nitrogens with one attached hydrogen (secondary N) is 2. The van der Waals surface area contributed by atoms with Crippen LogP contribution in [0.4, 0.5) is 5.69 Å². The normalized spacial score (nSPS) is 12.8. The first kappa shape index (κ1) is 15.1. The van der Waals surface area contributed by atoms with Gasteiger partial charge in [0.2, 0.25) is 0 Å². The standard InChI is InChI=1S/C16H21N3O2/c1-11(15(20)19-13-9-17-18-10-13)21-14-7-5-6-12(8-14)16(2,3)4/h5-11H,1-4H3,(H,17,18)(H,19,20). The quantitative estimate of drug-likeness (QED) is 0.908. The molecule has 0 aliphatic carbocycles. The highest BCUT2D eigenvalue weighted by Crippen LogP contribution is 2.26. The number of carbonyl (C=O) groups is 1. The van der Waals surface area contributed by atoms with Crippen LogP contribution >= 0.6 is 0 Å². The lowest BCUT2D eigenvalue weighted by atomic mass is 9.87. The van der Waals surface area contributed by atoms with E-state index in [1.807, 2.05) is 18.2 Å². The van der Waals surface area contributed by atoms with Crippen molar-refractivity contribution in [2.24, 2.45) is 0 Å². The summed E-state index contributed by atoms with van der Waals surface area (Å²) >= 11 is 0. The number of H-pyrrole nitrogens is 1. The zero-order valence-electron chi connectivity index (χ0n) is 12.8. The maximum Gasteiger partial charge on any atom is 0.265 e. The Morgan fingerprint density at radius 2 is 2.14 bits per heavy atom. The summed E-state index contributed by atoms with van der Waals surface area (Å²) in [5, 5.41) is 9.15. The first-order valence-electron chi connectivity index (χ1n) is 6.93. The van der Waals surface area contributed by atoms with Gasteiger partial charge in [-0.15, -0.1) is 0 Å². The SMILES string of the molecule is CC(Oc1cccc(C(C)(C)C)c1)C(=O)Nc1cn[nH]c1. The van der Waals surface area contributed by atoms with Crippen molar-refractivity contribution in [3.05, 3.63) is 42.2 Å². The van der Waals surface area contributed by atoms with E-state index in [0.717, 1.165) is 0 Å². The molecule has 1 atom stereocenters. The van der Waals surface area contributed by atoms with Gasteiger partial charge in [-0.1, -0.05) is 32.9 Å². The topological polar surface area (TPSA) is 67.0 Å². The molecule has 1 unspecified atom stereocenters. The van der Waals surface area contributed by atoms with Crippen LogP contribution in [0.15, 0.2) is 36.7 Å². The number of carbonyl (C=O) groups excluding carboxylic acids is 1. The van der Waals surface area contributed by atoms with E-state index < -0.39 is 6.10 Å². The lowest BCUT2D eigenvalue weighted by Crippen LogP contribution is -2.30. The third kappa shape index (κ3) is 4.08. The maximum absolute atomic E-state index is 12.0. The van der Waals surface area contributed by atoms with Crippen molar-refractivity contribution in [3.8, 4) is 5.75 Å². The minimum Gasteiger partial charge on any atom is -0.481 e. The molecular formula is C16H21N3O2. The zero-order chi connectivity index (χ0) is 15.5. The van der Waals surface area contributed by atoms with Gasteiger partial charge in [-0.2, -0.15) is 5.10 Å². The summed E-state index contributed by atoms with van der Waals surface area (Å²) in [7, 11) is 0. The maximum atomic E-state index is 12.0. The van der Waals surface area contributed by atoms with Crippen LogP contribution in [0, 0.1) is 0 Å². The highest BCUT2D eigenvalue weighted by Gasteiger charge is 2.17. The Bertz CT molecular complexity index is 600. The number of ether oxygens (including phenoxy) is 1. The second-order valence-electron chi connectivity index (χ2n) is 6.01. The first-order chi connectivity index (χ1) is 9.86. The number of aromatic amines is 1. The molecule has 0 spiro atoms. The number of nitrogens with zero attached hydrogens (tertiary/aromatic N) is 1. The van der Waals surface area contributed by atoms with E-state index in [9.17, 15) is 4.79 Å². The van der Waals surface area contributed by atoms with Crippen LogP contribution in [0.3, 0.4) is 0 Å². The van der Waals surface area contributed by atoms with Gasteiger partial charge in [0, 0.05) is 6.20 Å². The second kappa shape index (κ2) is 5.99. The second-order valence-corrected chi connectivity index (χ2v) is 6.01. The van der Waals surface area contributed by atoms with Gasteiger partial charge in [0.05, 0.1) is 11.9 Å². The van der Waals surface area contributed by atoms with Crippen molar-refractivity contribution < 1.29 is 9.53 Å². The summed E-state index contributed by atoms with van der Waals surface area (Å²) in [6, 6.07) is 7.83. The van der Waals surface area contributed by atoms with Gasteiger partial charge in [0.15, 0.2) is 6.10 Å². The minimum atomic E-state index is -0.588. The Kier molecular flexibility index (Phi) is 4.31. The average Bonchev–Trinajstić information content (AvgIpc) is 2.91. The molecule has 21 heavy (non-hydrogen) atoms. The van der Waals surface area contributed by atoms with E-state index in [1.54, 1.807) is 19.3 Å². The van der Waals surface area contributed by atoms with E-state index >= 15 is 0 Å². The van der Waals surface area contributed by atoms with Crippen LogP contribution in [-0.2, 0) is 10.2 Å². The summed E-state index contributed by atoms with van der Waals surface area (Å²) in [5.41, 5.74) is 1.84. The third-order valence-corrected chi connectivity index (χ3v) is 3.15. The van der Waals surface area contributed by atoms with Crippen molar-refractivity contribution in [1.29, 1.82) is 0 Å². The Morgan fingerprint density at radius 3 is 2.76 bits per heavy atom. The number of benzene rings is 1. The molecule has 0 bridgehead atoms. The average molecular weight is 287 g/mol. The molecule has 112 valence electrons. The molecule has 0 saturated heterocycles. The predicted octanol–water partition coefficient (Wildman–Crippen LogP) is 3.11. The number of hydrogen-bond acceptors (Lipinski definition) is 3. The molecule has 1 amide bonds. The van der Waals surface area contributed by atoms with Gasteiger partial charge in [-0.25, -0.2) is 0 Å². The van der Waals surface area contributed by atoms with E-state index in [2.05, 4.69) is 42.4 Å². The number of anilines is 1. The summed E-state index contributed by atoms with van der Waals surface area (Å²) in [4.78, 5) is 12.0. The molecule has 1 heterocycles. The number of rotatable bonds is 4. The van der Waals surface area contributed by atoms with E-state index in [0.29, 0.717) is 11.4 Å². The summed E-state index contributed by atoms with van der Waals surface area (Å²) in [5.74, 6) is 0.481. The summed E-state index contributed by atoms with van der Waals surface area (Å²) in [6.45, 7) is 8.14. The van der Waals surface area contributed by atoms with Gasteiger partial charge in [-0.05, 0) is 30.0 Å². The lowest BCUT2D eigenvalue weighted by Gasteiger charge is -2.21. The van der Waals surface area contributed by atoms with Gasteiger partial charge in [0.25, 0.3) is 5.91 Å². The molecule has 5 nitrogen and oxygen atoms in total. The van der Waals surface area contributed by atoms with E-state index in [4.69, 9.17) is 4.74 Å². The Balaban J connectivity index is 2.02. The highest BCUT2D eigenvalue weighted by atomic mass is 16.5. The molecule has 0 fully saturated rings. The fourth-order valence-electron chi connectivity index (χ4n) is 1.86. The Labute approximate surface area is 124 Å². The van der Waals surface area contributed by atoms with Gasteiger partial charge in [-0.3, -0.25) is 9.89 Å². The Morgan fingerprint density at radius 1 is 1.38 bits per heavy atom. The molecule has 0 radical (unpaired) electrons. The summed E-state index contributed by atoms with van der Waals surface area (Å²) in [6.07, 6.45) is 2.57. The Hall–Kier alpha value is -2.30. The van der Waals surface area contributed by atoms with Crippen LogP contribution in [0.25, 0.3) is 0 Å². The molecule has 1 aromatic heterocycles. The fraction of sp³-hybridized carbons (Fsp3) is 0.375. The number of aromatic nitrogens is 2. The van der Waals surface area contributed by atoms with Gasteiger partial charge < -0.3 is 10.1 Å². The molecule has 0 aliphatic rings. The van der Waals surface area contributed by atoms with E-state index in [1.165, 1.54) is 5.56 Å². The molecule has 5 heteroatoms. The number of hydrogen-bond donors (Lipinski definition) is 2. The minimum absolute atomic E-state index is 0.0433. The molecule has 2 rings (SSSR count). The van der Waals surface area contributed by atoms with Crippen molar-refractivity contribution in [2.75, 3.05) is 5.32 Å². The molecule has 0 aliphatic heterocycles. The zero-order valence-corrected chi connectivity index (χ0v) is 12.8. The van der Waals surface area contributed by atoms with E-state index in [-0.39, 0.29) is 11.3 Å². The fourth-order valence-corrected chi connectivity index (χ4v) is 1.86. The van der Waals surface area contributed by atoms with Crippen molar-refractivity contribution in [3.63, 3.8) is 0 Å². The molecule has 0 saturated carbocycles. The highest BCUT2D eigenvalue weighted by molar-refractivity contribution is 5.93. The van der Waals surface area contributed by atoms with Gasteiger partial charge in [0.1, 0.15) is 5.75 Å². The van der Waals surface area contributed by atoms with Crippen molar-refractivity contribution in [1.82, 2.24) is 10.2 Å². The van der Waals surface area contributed by atoms with Gasteiger partial charge >= 0.3 is 0 Å². The smallest absolute Gasteiger partial charge is 0.265 e. The molecule has 2 N–H and O–H groups in total. The lowest BCUT2D eigenvalue weighted by molar-refractivity contribution is -0.122. The van der Waals surface area contributed by atoms with Crippen molar-refractivity contribution >= 4 is 11.6 Å². The third-order valence-electron chi connectivity index (χ3n) is 3.15. The van der Waals surface area contributed by atoms with Crippen LogP contribution in [0.1, 0.15) is 33.3 Å². The largest absolute Gasteiger partial charge is 0.481 e. The number of amides is 1. The van der Waals surface area contributed by atoms with Crippen LogP contribution in [0.2, 0.25) is 0 Å². The first-order valence-corrected chi connectivity index (χ1v) is 6.93. The predicted molar refractivity (Wildman–Crippen MR) is 82.4 cm³/mol.